The number of hydrogen-bond donors (Lipinski definition) is 2. The predicted molar refractivity (Wildman–Crippen MR) is 142 cm³/mol. The standard InChI is InChI=1S/C28H45N3O4/c1-7-10-12-14-19-31(24(32)21-30-27(34)35-28(4,5)6)25(26(33)29-18-13-11-8-2)23-17-15-16-22(9-3)20-23/h9,15-17,20,25H,3,7-8,10-14,18-19,21H2,1-2,4-6H3,(H,29,33)(H,30,34). The van der Waals surface area contributed by atoms with Gasteiger partial charge in [-0.25, -0.2) is 4.79 Å². The maximum Gasteiger partial charge on any atom is 0.408 e. The molecule has 0 bridgehead atoms. The minimum Gasteiger partial charge on any atom is -0.444 e. The molecule has 1 aromatic carbocycles. The highest BCUT2D eigenvalue weighted by molar-refractivity contribution is 5.90. The molecule has 1 unspecified atom stereocenters. The van der Waals surface area contributed by atoms with Gasteiger partial charge in [0.05, 0.1) is 0 Å². The van der Waals surface area contributed by atoms with Gasteiger partial charge in [-0.05, 0) is 50.8 Å². The van der Waals surface area contributed by atoms with E-state index in [-0.39, 0.29) is 18.4 Å². The van der Waals surface area contributed by atoms with E-state index in [2.05, 4.69) is 31.1 Å². The first-order valence-corrected chi connectivity index (χ1v) is 12.9. The Labute approximate surface area is 211 Å². The first kappa shape index (κ1) is 30.2. The summed E-state index contributed by atoms with van der Waals surface area (Å²) in [7, 11) is 0. The highest BCUT2D eigenvalue weighted by atomic mass is 16.6. The third-order valence-electron chi connectivity index (χ3n) is 5.46. The molecule has 2 N–H and O–H groups in total. The fourth-order valence-corrected chi connectivity index (χ4v) is 3.68. The van der Waals surface area contributed by atoms with E-state index in [1.807, 2.05) is 24.3 Å². The number of nitrogens with one attached hydrogen (secondary N) is 2. The van der Waals surface area contributed by atoms with Gasteiger partial charge in [-0.15, -0.1) is 0 Å². The van der Waals surface area contributed by atoms with Gasteiger partial charge in [0.15, 0.2) is 0 Å². The van der Waals surface area contributed by atoms with Crippen LogP contribution in [0.3, 0.4) is 0 Å². The summed E-state index contributed by atoms with van der Waals surface area (Å²) in [5, 5.41) is 5.56. The van der Waals surface area contributed by atoms with Crippen molar-refractivity contribution >= 4 is 24.0 Å². The first-order chi connectivity index (χ1) is 16.6. The summed E-state index contributed by atoms with van der Waals surface area (Å²) in [5.41, 5.74) is 0.923. The first-order valence-electron chi connectivity index (χ1n) is 12.9. The van der Waals surface area contributed by atoms with Crippen LogP contribution in [0.1, 0.15) is 96.7 Å². The summed E-state index contributed by atoms with van der Waals surface area (Å²) in [6.07, 6.45) is 7.86. The smallest absolute Gasteiger partial charge is 0.408 e. The monoisotopic (exact) mass is 487 g/mol. The lowest BCUT2D eigenvalue weighted by Crippen LogP contribution is -2.48. The van der Waals surface area contributed by atoms with Crippen LogP contribution >= 0.6 is 0 Å². The van der Waals surface area contributed by atoms with Crippen molar-refractivity contribution in [3.05, 3.63) is 42.0 Å². The summed E-state index contributed by atoms with van der Waals surface area (Å²) in [6, 6.07) is 6.71. The van der Waals surface area contributed by atoms with E-state index >= 15 is 0 Å². The second kappa shape index (κ2) is 16.0. The summed E-state index contributed by atoms with van der Waals surface area (Å²) in [6.45, 7) is 14.1. The third-order valence-corrected chi connectivity index (χ3v) is 5.46. The van der Waals surface area contributed by atoms with E-state index in [1.54, 1.807) is 31.7 Å². The molecule has 0 radical (unpaired) electrons. The van der Waals surface area contributed by atoms with Gasteiger partial charge >= 0.3 is 6.09 Å². The zero-order valence-corrected chi connectivity index (χ0v) is 22.3. The van der Waals surface area contributed by atoms with Gasteiger partial charge < -0.3 is 20.3 Å². The lowest BCUT2D eigenvalue weighted by molar-refractivity contribution is -0.140. The van der Waals surface area contributed by atoms with Gasteiger partial charge in [0.25, 0.3) is 0 Å². The fraction of sp³-hybridized carbons (Fsp3) is 0.607. The normalized spacial score (nSPS) is 11.9. The van der Waals surface area contributed by atoms with Gasteiger partial charge in [0.2, 0.25) is 11.8 Å². The Kier molecular flexibility index (Phi) is 13.8. The van der Waals surface area contributed by atoms with Crippen LogP contribution in [-0.2, 0) is 14.3 Å². The molecule has 0 aliphatic carbocycles. The number of rotatable bonds is 15. The fourth-order valence-electron chi connectivity index (χ4n) is 3.68. The van der Waals surface area contributed by atoms with Crippen molar-refractivity contribution in [2.24, 2.45) is 0 Å². The van der Waals surface area contributed by atoms with Crippen molar-refractivity contribution in [2.45, 2.75) is 91.2 Å². The molecule has 0 saturated heterocycles. The Morgan fingerprint density at radius 3 is 2.34 bits per heavy atom. The topological polar surface area (TPSA) is 87.7 Å². The van der Waals surface area contributed by atoms with Crippen LogP contribution in [0.15, 0.2) is 30.8 Å². The largest absolute Gasteiger partial charge is 0.444 e. The molecule has 1 rings (SSSR count). The maximum absolute atomic E-state index is 13.4. The van der Waals surface area contributed by atoms with Crippen molar-refractivity contribution in [2.75, 3.05) is 19.6 Å². The van der Waals surface area contributed by atoms with Gasteiger partial charge in [-0.3, -0.25) is 9.59 Å². The third kappa shape index (κ3) is 11.9. The van der Waals surface area contributed by atoms with Crippen LogP contribution in [0.25, 0.3) is 6.08 Å². The molecule has 7 nitrogen and oxygen atoms in total. The Balaban J connectivity index is 3.19. The minimum atomic E-state index is -0.800. The summed E-state index contributed by atoms with van der Waals surface area (Å²) in [5.74, 6) is -0.548. The lowest BCUT2D eigenvalue weighted by atomic mass is 10.0. The Bertz CT molecular complexity index is 817. The zero-order chi connectivity index (χ0) is 26.3. The number of hydrogen-bond acceptors (Lipinski definition) is 4. The van der Waals surface area contributed by atoms with E-state index in [4.69, 9.17) is 4.74 Å². The molecule has 0 aliphatic rings. The number of ether oxygens (including phenoxy) is 1. The van der Waals surface area contributed by atoms with Crippen LogP contribution in [0.5, 0.6) is 0 Å². The lowest BCUT2D eigenvalue weighted by Gasteiger charge is -2.32. The summed E-state index contributed by atoms with van der Waals surface area (Å²) in [4.78, 5) is 40.5. The SMILES string of the molecule is C=Cc1cccc(C(C(=O)NCCCCC)N(CCCCCC)C(=O)CNC(=O)OC(C)(C)C)c1. The molecule has 0 aromatic heterocycles. The average molecular weight is 488 g/mol. The molecule has 1 atom stereocenters. The Morgan fingerprint density at radius 1 is 1.03 bits per heavy atom. The molecular weight excluding hydrogens is 442 g/mol. The maximum atomic E-state index is 13.4. The number of nitrogens with zero attached hydrogens (tertiary/aromatic N) is 1. The van der Waals surface area contributed by atoms with Crippen molar-refractivity contribution < 1.29 is 19.1 Å². The van der Waals surface area contributed by atoms with Crippen LogP contribution in [0.2, 0.25) is 0 Å². The van der Waals surface area contributed by atoms with Crippen molar-refractivity contribution in [3.8, 4) is 0 Å². The van der Waals surface area contributed by atoms with Crippen LogP contribution < -0.4 is 10.6 Å². The van der Waals surface area contributed by atoms with Crippen molar-refractivity contribution in [1.29, 1.82) is 0 Å². The summed E-state index contributed by atoms with van der Waals surface area (Å²) < 4.78 is 5.27. The van der Waals surface area contributed by atoms with Gasteiger partial charge in [-0.1, -0.05) is 76.8 Å². The number of alkyl carbamates (subject to hydrolysis) is 1. The molecule has 0 saturated carbocycles. The van der Waals surface area contributed by atoms with Crippen LogP contribution in [0, 0.1) is 0 Å². The van der Waals surface area contributed by atoms with Crippen molar-refractivity contribution in [3.63, 3.8) is 0 Å². The van der Waals surface area contributed by atoms with Gasteiger partial charge in [0.1, 0.15) is 18.2 Å². The Morgan fingerprint density at radius 2 is 1.71 bits per heavy atom. The second-order valence-electron chi connectivity index (χ2n) is 9.78. The zero-order valence-electron chi connectivity index (χ0n) is 22.3. The van der Waals surface area contributed by atoms with Crippen LogP contribution in [0.4, 0.5) is 4.79 Å². The van der Waals surface area contributed by atoms with Gasteiger partial charge in [-0.2, -0.15) is 0 Å². The molecule has 1 aromatic rings. The predicted octanol–water partition coefficient (Wildman–Crippen LogP) is 5.61. The number of carbonyl (C=O) groups is 3. The quantitative estimate of drug-likeness (QED) is 0.315. The molecule has 35 heavy (non-hydrogen) atoms. The Hall–Kier alpha value is -2.83. The molecule has 3 amide bonds. The second-order valence-corrected chi connectivity index (χ2v) is 9.78. The number of carbonyl (C=O) groups excluding carboxylic acids is 3. The summed E-state index contributed by atoms with van der Waals surface area (Å²) >= 11 is 0. The molecule has 7 heteroatoms. The highest BCUT2D eigenvalue weighted by Crippen LogP contribution is 2.24. The van der Waals surface area contributed by atoms with Gasteiger partial charge in [0, 0.05) is 13.1 Å². The van der Waals surface area contributed by atoms with E-state index in [1.165, 1.54) is 0 Å². The molecular formula is C28H45N3O4. The van der Waals surface area contributed by atoms with E-state index < -0.39 is 17.7 Å². The highest BCUT2D eigenvalue weighted by Gasteiger charge is 2.31. The molecule has 0 spiro atoms. The number of benzene rings is 1. The number of unbranched alkanes of at least 4 members (excludes halogenated alkanes) is 5. The van der Waals surface area contributed by atoms with E-state index in [0.29, 0.717) is 13.1 Å². The molecule has 0 aliphatic heterocycles. The van der Waals surface area contributed by atoms with E-state index in [0.717, 1.165) is 56.1 Å². The van der Waals surface area contributed by atoms with Crippen LogP contribution in [-0.4, -0.2) is 48.0 Å². The number of amides is 3. The van der Waals surface area contributed by atoms with E-state index in [9.17, 15) is 14.4 Å². The van der Waals surface area contributed by atoms with Crippen molar-refractivity contribution in [1.82, 2.24) is 15.5 Å². The molecule has 0 fully saturated rings. The average Bonchev–Trinajstić information content (AvgIpc) is 2.81. The molecule has 196 valence electrons. The molecule has 0 heterocycles. The minimum absolute atomic E-state index is 0.219.